The molecule has 0 aromatic heterocycles. The predicted molar refractivity (Wildman–Crippen MR) is 133 cm³/mol. The van der Waals surface area contributed by atoms with Gasteiger partial charge in [-0.15, -0.1) is 0 Å². The van der Waals surface area contributed by atoms with Crippen molar-refractivity contribution in [3.63, 3.8) is 0 Å². The van der Waals surface area contributed by atoms with Crippen LogP contribution in [0.15, 0.2) is 23.8 Å². The van der Waals surface area contributed by atoms with Crippen LogP contribution in [0.3, 0.4) is 0 Å². The molecule has 4 amide bonds. The fourth-order valence-electron chi connectivity index (χ4n) is 7.11. The van der Waals surface area contributed by atoms with Gasteiger partial charge >= 0.3 is 0 Å². The monoisotopic (exact) mass is 510 g/mol. The summed E-state index contributed by atoms with van der Waals surface area (Å²) in [7, 11) is 2.96. The number of amides is 4. The van der Waals surface area contributed by atoms with Crippen LogP contribution >= 0.6 is 0 Å². The van der Waals surface area contributed by atoms with Crippen LogP contribution < -0.4 is 9.47 Å². The molecule has 0 spiro atoms. The molecule has 1 N–H and O–H groups in total. The molecule has 1 saturated carbocycles. The van der Waals surface area contributed by atoms with Crippen LogP contribution in [0.5, 0.6) is 17.2 Å². The van der Waals surface area contributed by atoms with Gasteiger partial charge in [-0.25, -0.2) is 0 Å². The molecule has 1 aromatic carbocycles. The number of rotatable bonds is 7. The van der Waals surface area contributed by atoms with Crippen LogP contribution in [0.2, 0.25) is 0 Å². The number of fused-ring (bicyclic) bond motifs is 4. The zero-order valence-electron chi connectivity index (χ0n) is 21.7. The quantitative estimate of drug-likeness (QED) is 0.443. The maximum Gasteiger partial charge on any atom is 0.234 e. The van der Waals surface area contributed by atoms with Gasteiger partial charge in [-0.05, 0) is 31.6 Å². The fourth-order valence-corrected chi connectivity index (χ4v) is 7.11. The minimum atomic E-state index is -0.717. The van der Waals surface area contributed by atoms with Crippen LogP contribution in [-0.2, 0) is 19.2 Å². The van der Waals surface area contributed by atoms with Crippen LogP contribution in [0.1, 0.15) is 51.0 Å². The first-order valence-corrected chi connectivity index (χ1v) is 13.1. The van der Waals surface area contributed by atoms with Crippen LogP contribution in [0, 0.1) is 29.6 Å². The van der Waals surface area contributed by atoms with Crippen LogP contribution in [0.25, 0.3) is 0 Å². The number of carbonyl (C=O) groups excluding carboxylic acids is 4. The number of imide groups is 2. The van der Waals surface area contributed by atoms with Gasteiger partial charge in [0, 0.05) is 36.7 Å². The third-order valence-electron chi connectivity index (χ3n) is 8.59. The first-order valence-electron chi connectivity index (χ1n) is 13.1. The number of hydrogen-bond acceptors (Lipinski definition) is 7. The molecule has 2 aliphatic heterocycles. The molecule has 9 nitrogen and oxygen atoms in total. The maximum atomic E-state index is 13.7. The number of likely N-dealkylation sites (tertiary alicyclic amines) is 2. The van der Waals surface area contributed by atoms with Gasteiger partial charge in [-0.1, -0.05) is 25.5 Å². The van der Waals surface area contributed by atoms with Crippen molar-refractivity contribution < 1.29 is 33.8 Å². The topological polar surface area (TPSA) is 113 Å². The highest BCUT2D eigenvalue weighted by Crippen LogP contribution is 2.60. The van der Waals surface area contributed by atoms with E-state index in [9.17, 15) is 24.3 Å². The third kappa shape index (κ3) is 3.65. The van der Waals surface area contributed by atoms with E-state index >= 15 is 0 Å². The van der Waals surface area contributed by atoms with Gasteiger partial charge in [-0.2, -0.15) is 0 Å². The number of carbonyl (C=O) groups is 4. The first-order chi connectivity index (χ1) is 17.8. The van der Waals surface area contributed by atoms with Gasteiger partial charge in [0.1, 0.15) is 17.2 Å². The average Bonchev–Trinajstić information content (AvgIpc) is 3.28. The molecule has 198 valence electrons. The maximum absolute atomic E-state index is 13.7. The van der Waals surface area contributed by atoms with Crippen molar-refractivity contribution in [3.8, 4) is 17.2 Å². The Bertz CT molecular complexity index is 1190. The summed E-state index contributed by atoms with van der Waals surface area (Å²) >= 11 is 0. The van der Waals surface area contributed by atoms with Gasteiger partial charge in [0.15, 0.2) is 0 Å². The summed E-state index contributed by atoms with van der Waals surface area (Å²) in [6, 6.07) is 3.12. The van der Waals surface area contributed by atoms with Gasteiger partial charge < -0.3 is 14.6 Å². The average molecular weight is 511 g/mol. The molecule has 2 heterocycles. The van der Waals surface area contributed by atoms with Crippen molar-refractivity contribution in [2.75, 3.05) is 27.3 Å². The smallest absolute Gasteiger partial charge is 0.234 e. The molecule has 1 aromatic rings. The molecular formula is C28H34N2O7. The third-order valence-corrected chi connectivity index (χ3v) is 8.59. The normalized spacial score (nSPS) is 30.8. The molecule has 0 bridgehead atoms. The molecule has 0 radical (unpaired) electrons. The molecule has 0 unspecified atom stereocenters. The summed E-state index contributed by atoms with van der Waals surface area (Å²) in [5.41, 5.74) is 1.25. The SMILES string of the molecule is CCCN1C(=O)[C@H]2[C@H](CC=C3[C@H]2C[C@H]2C(=O)N(CCC)C(=O)[C@H]2[C@H]3c2c(O)cc(OC)cc2OC)C1=O. The summed E-state index contributed by atoms with van der Waals surface area (Å²) in [6.07, 6.45) is 3.99. The summed E-state index contributed by atoms with van der Waals surface area (Å²) in [4.78, 5) is 56.6. The van der Waals surface area contributed by atoms with Crippen molar-refractivity contribution >= 4 is 23.6 Å². The zero-order valence-corrected chi connectivity index (χ0v) is 21.7. The summed E-state index contributed by atoms with van der Waals surface area (Å²) < 4.78 is 11.0. The Kier molecular flexibility index (Phi) is 6.50. The minimum absolute atomic E-state index is 0.0979. The summed E-state index contributed by atoms with van der Waals surface area (Å²) in [5.74, 6) is -3.64. The zero-order chi connectivity index (χ0) is 26.6. The second-order valence-electron chi connectivity index (χ2n) is 10.4. The molecule has 9 heteroatoms. The molecule has 3 fully saturated rings. The van der Waals surface area contributed by atoms with Crippen molar-refractivity contribution in [3.05, 3.63) is 29.3 Å². The molecule has 4 aliphatic rings. The molecule has 5 rings (SSSR count). The number of benzene rings is 1. The highest BCUT2D eigenvalue weighted by Gasteiger charge is 2.62. The number of phenols is 1. The van der Waals surface area contributed by atoms with Gasteiger partial charge in [0.05, 0.1) is 37.9 Å². The number of phenolic OH excluding ortho intramolecular Hbond substituents is 1. The van der Waals surface area contributed by atoms with Gasteiger partial charge in [-0.3, -0.25) is 29.0 Å². The molecule has 37 heavy (non-hydrogen) atoms. The van der Waals surface area contributed by atoms with E-state index in [1.807, 2.05) is 19.9 Å². The lowest BCUT2D eigenvalue weighted by molar-refractivity contribution is -0.142. The van der Waals surface area contributed by atoms with E-state index in [-0.39, 0.29) is 35.3 Å². The van der Waals surface area contributed by atoms with E-state index in [2.05, 4.69) is 0 Å². The number of ether oxygens (including phenoxy) is 2. The lowest BCUT2D eigenvalue weighted by Crippen LogP contribution is -2.43. The number of methoxy groups -OCH3 is 2. The van der Waals surface area contributed by atoms with Crippen molar-refractivity contribution in [1.29, 1.82) is 0 Å². The second-order valence-corrected chi connectivity index (χ2v) is 10.4. The van der Waals surface area contributed by atoms with Gasteiger partial charge in [0.25, 0.3) is 0 Å². The van der Waals surface area contributed by atoms with Crippen LogP contribution in [-0.4, -0.2) is 65.8 Å². The van der Waals surface area contributed by atoms with Crippen molar-refractivity contribution in [2.24, 2.45) is 29.6 Å². The lowest BCUT2D eigenvalue weighted by Gasteiger charge is -2.44. The minimum Gasteiger partial charge on any atom is -0.507 e. The predicted octanol–water partition coefficient (Wildman–Crippen LogP) is 2.87. The molecule has 6 atom stereocenters. The van der Waals surface area contributed by atoms with Crippen LogP contribution in [0.4, 0.5) is 0 Å². The molecule has 2 aliphatic carbocycles. The summed E-state index contributed by atoms with van der Waals surface area (Å²) in [6.45, 7) is 4.53. The summed E-state index contributed by atoms with van der Waals surface area (Å²) in [5, 5.41) is 11.2. The number of nitrogens with zero attached hydrogens (tertiary/aromatic N) is 2. The van der Waals surface area contributed by atoms with E-state index < -0.39 is 29.6 Å². The lowest BCUT2D eigenvalue weighted by atomic mass is 9.57. The largest absolute Gasteiger partial charge is 0.507 e. The Balaban J connectivity index is 1.68. The number of aromatic hydroxyl groups is 1. The number of hydrogen-bond donors (Lipinski definition) is 1. The van der Waals surface area contributed by atoms with E-state index in [0.717, 1.165) is 5.57 Å². The van der Waals surface area contributed by atoms with Crippen molar-refractivity contribution in [1.82, 2.24) is 9.80 Å². The Morgan fingerprint density at radius 1 is 0.838 bits per heavy atom. The van der Waals surface area contributed by atoms with E-state index in [4.69, 9.17) is 9.47 Å². The van der Waals surface area contributed by atoms with Gasteiger partial charge in [0.2, 0.25) is 23.6 Å². The number of allylic oxidation sites excluding steroid dienone is 2. The Hall–Kier alpha value is -3.36. The van der Waals surface area contributed by atoms with E-state index in [1.54, 1.807) is 6.07 Å². The highest BCUT2D eigenvalue weighted by molar-refractivity contribution is 6.08. The van der Waals surface area contributed by atoms with E-state index in [1.165, 1.54) is 30.1 Å². The standard InChI is InChI=1S/C28H34N2O7/c1-5-9-29-25(32)16-8-7-15-17(21(16)27(29)34)13-18-23(28(35)30(10-6-2)26(18)33)22(15)24-19(31)11-14(36-3)12-20(24)37-4/h7,11-12,16-18,21-23,31H,5-6,8-10,13H2,1-4H3/t16-,17+,18+,21-,22-,23+/m0/s1. The Morgan fingerprint density at radius 2 is 1.46 bits per heavy atom. The Labute approximate surface area is 216 Å². The van der Waals surface area contributed by atoms with E-state index in [0.29, 0.717) is 55.8 Å². The first kappa shape index (κ1) is 25.3. The Morgan fingerprint density at radius 3 is 2.05 bits per heavy atom. The fraction of sp³-hybridized carbons (Fsp3) is 0.571. The van der Waals surface area contributed by atoms with Crippen molar-refractivity contribution in [2.45, 2.75) is 45.4 Å². The molecule has 2 saturated heterocycles. The second kappa shape index (κ2) is 9.50. The highest BCUT2D eigenvalue weighted by atomic mass is 16.5. The molecular weight excluding hydrogens is 476 g/mol.